The van der Waals surface area contributed by atoms with Crippen LogP contribution in [0.4, 0.5) is 0 Å². The third kappa shape index (κ3) is 57.9. The largest absolute Gasteiger partial charge is 0.462 e. The van der Waals surface area contributed by atoms with Crippen LogP contribution in [-0.2, 0) is 28.6 Å². The lowest BCUT2D eigenvalue weighted by Gasteiger charge is -2.18. The molecule has 0 rings (SSSR count). The van der Waals surface area contributed by atoms with Gasteiger partial charge in [-0.05, 0) is 83.5 Å². The number of unbranched alkanes of at least 4 members (excludes halogenated alkanes) is 35. The van der Waals surface area contributed by atoms with Crippen molar-refractivity contribution < 1.29 is 28.6 Å². The average Bonchev–Trinajstić information content (AvgIpc) is 3.37. The molecule has 0 spiro atoms. The summed E-state index contributed by atoms with van der Waals surface area (Å²) in [5.74, 6) is -0.884. The van der Waals surface area contributed by atoms with Crippen molar-refractivity contribution >= 4 is 17.9 Å². The first kappa shape index (κ1) is 68.1. The topological polar surface area (TPSA) is 78.9 Å². The first-order valence-corrected chi connectivity index (χ1v) is 30.8. The smallest absolute Gasteiger partial charge is 0.306 e. The molecule has 0 aliphatic carbocycles. The Kier molecular flexibility index (Phi) is 57.2. The third-order valence-electron chi connectivity index (χ3n) is 13.5. The number of rotatable bonds is 56. The Labute approximate surface area is 440 Å². The third-order valence-corrected chi connectivity index (χ3v) is 13.5. The molecule has 1 atom stereocenters. The van der Waals surface area contributed by atoms with Crippen LogP contribution < -0.4 is 0 Å². The summed E-state index contributed by atoms with van der Waals surface area (Å²) in [4.78, 5) is 38.3. The van der Waals surface area contributed by atoms with E-state index in [4.69, 9.17) is 14.2 Å². The van der Waals surface area contributed by atoms with Gasteiger partial charge in [0.2, 0.25) is 0 Å². The standard InChI is InChI=1S/C65H116O6/c1-4-7-10-13-16-19-22-25-28-30-31-32-33-35-37-40-43-46-49-52-55-58-64(67)70-61-62(60-69-63(66)57-54-51-48-45-42-39-36-27-24-21-18-15-12-9-6-3)71-65(68)59-56-53-50-47-44-41-38-34-29-26-23-20-17-14-11-8-5-2/h9,12,18,21-22,25,27,30-31,36,62H,4-8,10-11,13-17,19-20,23-24,26,28-29,32-35,37-61H2,1-3H3/b12-9-,21-18-,25-22-,31-30-,36-27-. The van der Waals surface area contributed by atoms with Crippen LogP contribution in [-0.4, -0.2) is 37.2 Å². The summed E-state index contributed by atoms with van der Waals surface area (Å²) >= 11 is 0. The Morgan fingerprint density at radius 2 is 0.549 bits per heavy atom. The maximum Gasteiger partial charge on any atom is 0.306 e. The van der Waals surface area contributed by atoms with E-state index in [-0.39, 0.29) is 31.1 Å². The molecular weight excluding hydrogens is 877 g/mol. The molecule has 0 aliphatic heterocycles. The van der Waals surface area contributed by atoms with Crippen molar-refractivity contribution in [2.45, 2.75) is 322 Å². The van der Waals surface area contributed by atoms with E-state index < -0.39 is 6.10 Å². The van der Waals surface area contributed by atoms with E-state index in [2.05, 4.69) is 81.5 Å². The average molecular weight is 994 g/mol. The van der Waals surface area contributed by atoms with Gasteiger partial charge in [-0.15, -0.1) is 0 Å². The lowest BCUT2D eigenvalue weighted by molar-refractivity contribution is -0.167. The summed E-state index contributed by atoms with van der Waals surface area (Å²) in [6.07, 6.45) is 75.0. The van der Waals surface area contributed by atoms with Gasteiger partial charge in [-0.25, -0.2) is 0 Å². The predicted octanol–water partition coefficient (Wildman–Crippen LogP) is 20.8. The first-order valence-electron chi connectivity index (χ1n) is 30.8. The summed E-state index contributed by atoms with van der Waals surface area (Å²) in [5.41, 5.74) is 0. The highest BCUT2D eigenvalue weighted by Crippen LogP contribution is 2.17. The van der Waals surface area contributed by atoms with Crippen LogP contribution in [0.15, 0.2) is 60.8 Å². The molecule has 71 heavy (non-hydrogen) atoms. The minimum absolute atomic E-state index is 0.0793. The van der Waals surface area contributed by atoms with Crippen LogP contribution in [0.5, 0.6) is 0 Å². The first-order chi connectivity index (χ1) is 35.0. The van der Waals surface area contributed by atoms with Gasteiger partial charge in [-0.2, -0.15) is 0 Å². The van der Waals surface area contributed by atoms with Crippen molar-refractivity contribution in [3.8, 4) is 0 Å². The molecule has 0 aromatic rings. The van der Waals surface area contributed by atoms with Crippen molar-refractivity contribution in [1.82, 2.24) is 0 Å². The second kappa shape index (κ2) is 59.7. The minimum Gasteiger partial charge on any atom is -0.462 e. The highest BCUT2D eigenvalue weighted by Gasteiger charge is 2.19. The van der Waals surface area contributed by atoms with E-state index in [0.717, 1.165) is 103 Å². The number of esters is 3. The summed E-state index contributed by atoms with van der Waals surface area (Å²) < 4.78 is 16.9. The van der Waals surface area contributed by atoms with Crippen molar-refractivity contribution in [1.29, 1.82) is 0 Å². The highest BCUT2D eigenvalue weighted by molar-refractivity contribution is 5.71. The zero-order chi connectivity index (χ0) is 51.4. The number of carbonyl (C=O) groups excluding carboxylic acids is 3. The number of hydrogen-bond acceptors (Lipinski definition) is 6. The zero-order valence-corrected chi connectivity index (χ0v) is 47.2. The monoisotopic (exact) mass is 993 g/mol. The predicted molar refractivity (Wildman–Crippen MR) is 307 cm³/mol. The lowest BCUT2D eigenvalue weighted by atomic mass is 10.0. The van der Waals surface area contributed by atoms with Gasteiger partial charge in [-0.3, -0.25) is 14.4 Å². The van der Waals surface area contributed by atoms with Gasteiger partial charge in [0.15, 0.2) is 6.10 Å². The summed E-state index contributed by atoms with van der Waals surface area (Å²) in [7, 11) is 0. The summed E-state index contributed by atoms with van der Waals surface area (Å²) in [5, 5.41) is 0. The molecule has 0 heterocycles. The van der Waals surface area contributed by atoms with Crippen LogP contribution in [0.2, 0.25) is 0 Å². The number of carbonyl (C=O) groups is 3. The van der Waals surface area contributed by atoms with E-state index in [1.54, 1.807) is 0 Å². The Bertz CT molecular complexity index is 1280. The molecular formula is C65H116O6. The Morgan fingerprint density at radius 3 is 0.859 bits per heavy atom. The SMILES string of the molecule is CC/C=C\C/C=C\C/C=C\CCCCCCCC(=O)OCC(COC(=O)CCCCCCCCCCC/C=C\C/C=C\CCCCCCC)OC(=O)CCCCCCCCCCCCCCCCCCC. The molecule has 0 aromatic heterocycles. The van der Waals surface area contributed by atoms with Gasteiger partial charge >= 0.3 is 17.9 Å². The summed E-state index contributed by atoms with van der Waals surface area (Å²) in [6.45, 7) is 6.54. The fraction of sp³-hybridized carbons (Fsp3) is 0.800. The van der Waals surface area contributed by atoms with Crippen LogP contribution in [0.3, 0.4) is 0 Å². The normalized spacial score (nSPS) is 12.4. The van der Waals surface area contributed by atoms with E-state index in [0.29, 0.717) is 19.3 Å². The van der Waals surface area contributed by atoms with E-state index in [9.17, 15) is 14.4 Å². The Morgan fingerprint density at radius 1 is 0.296 bits per heavy atom. The molecule has 6 nitrogen and oxygen atoms in total. The van der Waals surface area contributed by atoms with Crippen molar-refractivity contribution in [3.63, 3.8) is 0 Å². The van der Waals surface area contributed by atoms with Crippen molar-refractivity contribution in [3.05, 3.63) is 60.8 Å². The summed E-state index contributed by atoms with van der Waals surface area (Å²) in [6, 6.07) is 0. The van der Waals surface area contributed by atoms with Crippen LogP contribution >= 0.6 is 0 Å². The fourth-order valence-electron chi connectivity index (χ4n) is 8.90. The molecule has 0 fully saturated rings. The van der Waals surface area contributed by atoms with Crippen LogP contribution in [0.1, 0.15) is 316 Å². The molecule has 1 unspecified atom stereocenters. The van der Waals surface area contributed by atoms with E-state index in [1.807, 2.05) is 0 Å². The van der Waals surface area contributed by atoms with Gasteiger partial charge in [0, 0.05) is 19.3 Å². The molecule has 0 bridgehead atoms. The fourth-order valence-corrected chi connectivity index (χ4v) is 8.90. The Hall–Kier alpha value is -2.89. The lowest BCUT2D eigenvalue weighted by Crippen LogP contribution is -2.30. The number of allylic oxidation sites excluding steroid dienone is 10. The molecule has 0 aliphatic rings. The highest BCUT2D eigenvalue weighted by atomic mass is 16.6. The minimum atomic E-state index is -0.782. The van der Waals surface area contributed by atoms with Crippen molar-refractivity contribution in [2.24, 2.45) is 0 Å². The second-order valence-electron chi connectivity index (χ2n) is 20.6. The molecule has 0 N–H and O–H groups in total. The molecule has 412 valence electrons. The van der Waals surface area contributed by atoms with Gasteiger partial charge < -0.3 is 14.2 Å². The number of ether oxygens (including phenoxy) is 3. The zero-order valence-electron chi connectivity index (χ0n) is 47.2. The van der Waals surface area contributed by atoms with Gasteiger partial charge in [0.1, 0.15) is 13.2 Å². The van der Waals surface area contributed by atoms with Gasteiger partial charge in [0.05, 0.1) is 0 Å². The molecule has 6 heteroatoms. The quantitative estimate of drug-likeness (QED) is 0.0261. The van der Waals surface area contributed by atoms with Crippen LogP contribution in [0, 0.1) is 0 Å². The molecule has 0 saturated carbocycles. The second-order valence-corrected chi connectivity index (χ2v) is 20.6. The van der Waals surface area contributed by atoms with Gasteiger partial charge in [-0.1, -0.05) is 274 Å². The molecule has 0 aromatic carbocycles. The Balaban J connectivity index is 4.35. The van der Waals surface area contributed by atoms with E-state index in [1.165, 1.54) is 173 Å². The molecule has 0 saturated heterocycles. The van der Waals surface area contributed by atoms with E-state index >= 15 is 0 Å². The van der Waals surface area contributed by atoms with Crippen LogP contribution in [0.25, 0.3) is 0 Å². The number of hydrogen-bond donors (Lipinski definition) is 0. The maximum atomic E-state index is 12.9. The van der Waals surface area contributed by atoms with Gasteiger partial charge in [0.25, 0.3) is 0 Å². The molecule has 0 radical (unpaired) electrons. The van der Waals surface area contributed by atoms with Crippen molar-refractivity contribution in [2.75, 3.05) is 13.2 Å². The molecule has 0 amide bonds. The maximum absolute atomic E-state index is 12.9.